The van der Waals surface area contributed by atoms with E-state index in [1.54, 1.807) is 0 Å². The topological polar surface area (TPSA) is 43.1 Å². The summed E-state index contributed by atoms with van der Waals surface area (Å²) in [5, 5.41) is 0. The van der Waals surface area contributed by atoms with Crippen molar-refractivity contribution < 1.29 is 4.79 Å². The summed E-state index contributed by atoms with van der Waals surface area (Å²) in [4.78, 5) is 11.1. The van der Waals surface area contributed by atoms with Crippen LogP contribution in [0.2, 0.25) is 0 Å². The molecule has 2 heteroatoms. The van der Waals surface area contributed by atoms with E-state index in [1.807, 2.05) is 0 Å². The fourth-order valence-electron chi connectivity index (χ4n) is 1.48. The van der Waals surface area contributed by atoms with Crippen molar-refractivity contribution in [1.29, 1.82) is 0 Å². The van der Waals surface area contributed by atoms with E-state index in [2.05, 4.69) is 27.7 Å². The smallest absolute Gasteiger partial charge is 0.220 e. The first-order valence-electron chi connectivity index (χ1n) is 5.22. The van der Waals surface area contributed by atoms with Crippen molar-refractivity contribution in [2.75, 3.05) is 0 Å². The van der Waals surface area contributed by atoms with E-state index in [1.165, 1.54) is 0 Å². The van der Waals surface area contributed by atoms with E-state index in [4.69, 9.17) is 5.73 Å². The number of primary amides is 1. The molecule has 0 bridgehead atoms. The molecule has 0 saturated heterocycles. The van der Waals surface area contributed by atoms with Crippen LogP contribution in [0.15, 0.2) is 0 Å². The van der Waals surface area contributed by atoms with Gasteiger partial charge in [0.1, 0.15) is 0 Å². The van der Waals surface area contributed by atoms with Gasteiger partial charge in [0.25, 0.3) is 0 Å². The van der Waals surface area contributed by atoms with E-state index in [0.717, 1.165) is 19.3 Å². The number of amides is 1. The highest BCUT2D eigenvalue weighted by Crippen LogP contribution is 2.19. The zero-order valence-corrected chi connectivity index (χ0v) is 9.34. The fraction of sp³-hybridized carbons (Fsp3) is 0.909. The number of rotatable bonds is 6. The van der Waals surface area contributed by atoms with E-state index in [9.17, 15) is 4.79 Å². The van der Waals surface area contributed by atoms with Gasteiger partial charge in [-0.05, 0) is 24.7 Å². The predicted octanol–water partition coefficient (Wildman–Crippen LogP) is 2.57. The van der Waals surface area contributed by atoms with E-state index in [0.29, 0.717) is 11.8 Å². The van der Waals surface area contributed by atoms with Crippen LogP contribution in [0.25, 0.3) is 0 Å². The molecule has 0 spiro atoms. The average molecular weight is 185 g/mol. The van der Waals surface area contributed by atoms with Crippen molar-refractivity contribution in [3.05, 3.63) is 0 Å². The Balaban J connectivity index is 3.88. The molecular weight excluding hydrogens is 162 g/mol. The Kier molecular flexibility index (Phi) is 5.76. The number of carbonyl (C=O) groups excluding carboxylic acids is 1. The van der Waals surface area contributed by atoms with Gasteiger partial charge in [-0.25, -0.2) is 0 Å². The molecule has 0 aliphatic carbocycles. The van der Waals surface area contributed by atoms with Crippen molar-refractivity contribution in [3.63, 3.8) is 0 Å². The lowest BCUT2D eigenvalue weighted by molar-refractivity contribution is -0.122. The van der Waals surface area contributed by atoms with Crippen molar-refractivity contribution >= 4 is 5.91 Å². The first-order chi connectivity index (χ1) is 5.93. The van der Waals surface area contributed by atoms with Crippen LogP contribution in [0.4, 0.5) is 0 Å². The highest BCUT2D eigenvalue weighted by Gasteiger charge is 2.16. The van der Waals surface area contributed by atoms with Crippen LogP contribution < -0.4 is 5.73 Å². The van der Waals surface area contributed by atoms with Gasteiger partial charge in [0.15, 0.2) is 0 Å². The molecule has 0 aliphatic heterocycles. The zero-order valence-electron chi connectivity index (χ0n) is 9.34. The van der Waals surface area contributed by atoms with Crippen LogP contribution in [0.5, 0.6) is 0 Å². The van der Waals surface area contributed by atoms with Gasteiger partial charge < -0.3 is 5.73 Å². The molecule has 0 aromatic heterocycles. The molecule has 0 heterocycles. The number of hydrogen-bond acceptors (Lipinski definition) is 1. The van der Waals surface area contributed by atoms with Crippen molar-refractivity contribution in [2.45, 2.75) is 47.0 Å². The highest BCUT2D eigenvalue weighted by molar-refractivity contribution is 5.76. The fourth-order valence-corrected chi connectivity index (χ4v) is 1.48. The second-order valence-corrected chi connectivity index (χ2v) is 4.70. The summed E-state index contributed by atoms with van der Waals surface area (Å²) in [5.74, 6) is 1.18. The molecule has 78 valence electrons. The van der Waals surface area contributed by atoms with Crippen LogP contribution in [-0.4, -0.2) is 5.91 Å². The SMILES string of the molecule is CC(C)CC[C@@H](CC(C)C)C(N)=O. The van der Waals surface area contributed by atoms with E-state index >= 15 is 0 Å². The Hall–Kier alpha value is -0.530. The highest BCUT2D eigenvalue weighted by atomic mass is 16.1. The zero-order chi connectivity index (χ0) is 10.4. The third-order valence-corrected chi connectivity index (χ3v) is 2.25. The number of nitrogens with two attached hydrogens (primary N) is 1. The first kappa shape index (κ1) is 12.5. The minimum atomic E-state index is -0.130. The van der Waals surface area contributed by atoms with Crippen LogP contribution in [0.3, 0.4) is 0 Å². The van der Waals surface area contributed by atoms with Crippen molar-refractivity contribution in [1.82, 2.24) is 0 Å². The third-order valence-electron chi connectivity index (χ3n) is 2.25. The Morgan fingerprint density at radius 1 is 1.08 bits per heavy atom. The Bertz CT molecular complexity index is 152. The number of hydrogen-bond donors (Lipinski definition) is 1. The summed E-state index contributed by atoms with van der Waals surface area (Å²) in [5.41, 5.74) is 5.33. The molecule has 1 amide bonds. The Labute approximate surface area is 81.9 Å². The van der Waals surface area contributed by atoms with Gasteiger partial charge >= 0.3 is 0 Å². The van der Waals surface area contributed by atoms with Gasteiger partial charge in [0.05, 0.1) is 0 Å². The number of carbonyl (C=O) groups is 1. The van der Waals surface area contributed by atoms with E-state index in [-0.39, 0.29) is 11.8 Å². The molecule has 2 N–H and O–H groups in total. The van der Waals surface area contributed by atoms with Crippen LogP contribution in [0.1, 0.15) is 47.0 Å². The molecule has 1 atom stereocenters. The summed E-state index contributed by atoms with van der Waals surface area (Å²) in [7, 11) is 0. The van der Waals surface area contributed by atoms with Crippen molar-refractivity contribution in [3.8, 4) is 0 Å². The average Bonchev–Trinajstić information content (AvgIpc) is 1.96. The standard InChI is InChI=1S/C11H23NO/c1-8(2)5-6-10(11(12)13)7-9(3)4/h8-10H,5-7H2,1-4H3,(H2,12,13)/t10-/m0/s1. The normalized spacial score (nSPS) is 13.7. The molecule has 0 aromatic carbocycles. The molecule has 2 nitrogen and oxygen atoms in total. The Morgan fingerprint density at radius 3 is 1.92 bits per heavy atom. The molecule has 0 saturated carbocycles. The molecular formula is C11H23NO. The molecule has 0 aromatic rings. The molecule has 0 rings (SSSR count). The minimum Gasteiger partial charge on any atom is -0.369 e. The molecule has 0 unspecified atom stereocenters. The Morgan fingerprint density at radius 2 is 1.62 bits per heavy atom. The molecule has 0 radical (unpaired) electrons. The predicted molar refractivity (Wildman–Crippen MR) is 56.2 cm³/mol. The summed E-state index contributed by atoms with van der Waals surface area (Å²) in [6.07, 6.45) is 2.98. The monoisotopic (exact) mass is 185 g/mol. The maximum Gasteiger partial charge on any atom is 0.220 e. The molecule has 0 aliphatic rings. The lowest BCUT2D eigenvalue weighted by atomic mass is 9.90. The van der Waals surface area contributed by atoms with Gasteiger partial charge in [0.2, 0.25) is 5.91 Å². The van der Waals surface area contributed by atoms with E-state index < -0.39 is 0 Å². The van der Waals surface area contributed by atoms with Crippen molar-refractivity contribution in [2.24, 2.45) is 23.5 Å². The molecule has 0 fully saturated rings. The largest absolute Gasteiger partial charge is 0.369 e. The van der Waals surface area contributed by atoms with Gasteiger partial charge in [-0.3, -0.25) is 4.79 Å². The maximum absolute atomic E-state index is 11.1. The molecule has 13 heavy (non-hydrogen) atoms. The van der Waals surface area contributed by atoms with Gasteiger partial charge in [-0.2, -0.15) is 0 Å². The summed E-state index contributed by atoms with van der Waals surface area (Å²) in [6, 6.07) is 0. The van der Waals surface area contributed by atoms with Gasteiger partial charge in [0, 0.05) is 5.92 Å². The summed E-state index contributed by atoms with van der Waals surface area (Å²) < 4.78 is 0. The first-order valence-corrected chi connectivity index (χ1v) is 5.22. The second kappa shape index (κ2) is 6.01. The van der Waals surface area contributed by atoms with Crippen LogP contribution >= 0.6 is 0 Å². The van der Waals surface area contributed by atoms with Crippen LogP contribution in [0, 0.1) is 17.8 Å². The maximum atomic E-state index is 11.1. The van der Waals surface area contributed by atoms with Gasteiger partial charge in [-0.1, -0.05) is 34.1 Å². The summed E-state index contributed by atoms with van der Waals surface area (Å²) in [6.45, 7) is 8.61. The van der Waals surface area contributed by atoms with Gasteiger partial charge in [-0.15, -0.1) is 0 Å². The third kappa shape index (κ3) is 6.62. The lowest BCUT2D eigenvalue weighted by Crippen LogP contribution is -2.25. The second-order valence-electron chi connectivity index (χ2n) is 4.70. The quantitative estimate of drug-likeness (QED) is 0.679. The lowest BCUT2D eigenvalue weighted by Gasteiger charge is -2.16. The minimum absolute atomic E-state index is 0.0856. The van der Waals surface area contributed by atoms with Crippen LogP contribution in [-0.2, 0) is 4.79 Å². The summed E-state index contributed by atoms with van der Waals surface area (Å²) >= 11 is 0.